The monoisotopic (exact) mass is 334 g/mol. The Kier molecular flexibility index (Phi) is 6.99. The van der Waals surface area contributed by atoms with Gasteiger partial charge in [-0.2, -0.15) is 0 Å². The molecule has 0 bridgehead atoms. The zero-order chi connectivity index (χ0) is 17.5. The van der Waals surface area contributed by atoms with E-state index >= 15 is 0 Å². The smallest absolute Gasteiger partial charge is 0.317 e. The van der Waals surface area contributed by atoms with Gasteiger partial charge in [-0.15, -0.1) is 0 Å². The van der Waals surface area contributed by atoms with Crippen LogP contribution in [0.1, 0.15) is 39.3 Å². The Balaban J connectivity index is 1.78. The minimum Gasteiger partial charge on any atom is -0.392 e. The number of aliphatic hydroxyl groups is 1. The summed E-state index contributed by atoms with van der Waals surface area (Å²) in [6, 6.07) is 6.19. The molecular formula is C18H30N4O2. The Morgan fingerprint density at radius 3 is 2.62 bits per heavy atom. The van der Waals surface area contributed by atoms with Crippen molar-refractivity contribution in [3.63, 3.8) is 0 Å². The number of urea groups is 1. The lowest BCUT2D eigenvalue weighted by Gasteiger charge is -2.35. The highest BCUT2D eigenvalue weighted by molar-refractivity contribution is 5.74. The van der Waals surface area contributed by atoms with Gasteiger partial charge in [0.05, 0.1) is 11.8 Å². The fourth-order valence-electron chi connectivity index (χ4n) is 3.03. The van der Waals surface area contributed by atoms with Crippen LogP contribution in [0.5, 0.6) is 0 Å². The van der Waals surface area contributed by atoms with E-state index in [0.29, 0.717) is 6.54 Å². The van der Waals surface area contributed by atoms with E-state index in [1.165, 1.54) is 0 Å². The molecule has 2 N–H and O–H groups in total. The van der Waals surface area contributed by atoms with Crippen molar-refractivity contribution < 1.29 is 9.90 Å². The van der Waals surface area contributed by atoms with Crippen LogP contribution in [0.3, 0.4) is 0 Å². The van der Waals surface area contributed by atoms with Crippen molar-refractivity contribution in [3.8, 4) is 0 Å². The summed E-state index contributed by atoms with van der Waals surface area (Å²) in [7, 11) is 0. The SMILES string of the molecule is CC(O)CN(C(=O)NC1CCN(Cc2ccccn2)CC1)C(C)C. The molecule has 2 heterocycles. The van der Waals surface area contributed by atoms with E-state index in [0.717, 1.165) is 38.2 Å². The van der Waals surface area contributed by atoms with E-state index in [1.54, 1.807) is 11.8 Å². The number of carbonyl (C=O) groups is 1. The van der Waals surface area contributed by atoms with Crippen LogP contribution in [0.4, 0.5) is 4.79 Å². The molecule has 24 heavy (non-hydrogen) atoms. The first-order valence-electron chi connectivity index (χ1n) is 8.83. The van der Waals surface area contributed by atoms with E-state index < -0.39 is 6.10 Å². The number of piperidine rings is 1. The summed E-state index contributed by atoms with van der Waals surface area (Å²) < 4.78 is 0. The van der Waals surface area contributed by atoms with Crippen molar-refractivity contribution >= 4 is 6.03 Å². The first-order valence-corrected chi connectivity index (χ1v) is 8.83. The molecule has 2 amide bonds. The summed E-state index contributed by atoms with van der Waals surface area (Å²) in [5, 5.41) is 12.7. The number of aromatic nitrogens is 1. The second kappa shape index (κ2) is 8.99. The van der Waals surface area contributed by atoms with Gasteiger partial charge in [-0.3, -0.25) is 9.88 Å². The summed E-state index contributed by atoms with van der Waals surface area (Å²) in [6.07, 6.45) is 3.20. The van der Waals surface area contributed by atoms with Crippen molar-refractivity contribution in [1.29, 1.82) is 0 Å². The number of nitrogens with one attached hydrogen (secondary N) is 1. The van der Waals surface area contributed by atoms with Crippen LogP contribution in [-0.2, 0) is 6.54 Å². The fourth-order valence-corrected chi connectivity index (χ4v) is 3.03. The van der Waals surface area contributed by atoms with E-state index in [1.807, 2.05) is 38.2 Å². The predicted molar refractivity (Wildman–Crippen MR) is 94.6 cm³/mol. The van der Waals surface area contributed by atoms with Crippen LogP contribution < -0.4 is 5.32 Å². The Morgan fingerprint density at radius 1 is 1.38 bits per heavy atom. The van der Waals surface area contributed by atoms with Crippen molar-refractivity contribution in [3.05, 3.63) is 30.1 Å². The molecule has 0 aliphatic carbocycles. The van der Waals surface area contributed by atoms with Crippen LogP contribution in [0.2, 0.25) is 0 Å². The van der Waals surface area contributed by atoms with Crippen LogP contribution in [0.25, 0.3) is 0 Å². The molecule has 0 aromatic carbocycles. The van der Waals surface area contributed by atoms with Gasteiger partial charge in [0.1, 0.15) is 0 Å². The van der Waals surface area contributed by atoms with E-state index in [-0.39, 0.29) is 18.1 Å². The summed E-state index contributed by atoms with van der Waals surface area (Å²) >= 11 is 0. The third kappa shape index (κ3) is 5.76. The quantitative estimate of drug-likeness (QED) is 0.833. The number of nitrogens with zero attached hydrogens (tertiary/aromatic N) is 3. The number of aliphatic hydroxyl groups excluding tert-OH is 1. The largest absolute Gasteiger partial charge is 0.392 e. The van der Waals surface area contributed by atoms with Gasteiger partial charge < -0.3 is 15.3 Å². The molecular weight excluding hydrogens is 304 g/mol. The lowest BCUT2D eigenvalue weighted by Crippen LogP contribution is -2.52. The molecule has 1 saturated heterocycles. The molecule has 6 heteroatoms. The number of hydrogen-bond acceptors (Lipinski definition) is 4. The Hall–Kier alpha value is -1.66. The molecule has 1 atom stereocenters. The minimum atomic E-state index is -0.515. The van der Waals surface area contributed by atoms with Crippen LogP contribution in [-0.4, -0.2) is 63.7 Å². The average Bonchev–Trinajstić information content (AvgIpc) is 2.55. The van der Waals surface area contributed by atoms with E-state index in [4.69, 9.17) is 0 Å². The lowest BCUT2D eigenvalue weighted by molar-refractivity contribution is 0.113. The first kappa shape index (κ1) is 18.7. The van der Waals surface area contributed by atoms with Gasteiger partial charge in [-0.1, -0.05) is 6.07 Å². The molecule has 1 fully saturated rings. The van der Waals surface area contributed by atoms with Gasteiger partial charge in [-0.05, 0) is 45.7 Å². The van der Waals surface area contributed by atoms with Crippen LogP contribution >= 0.6 is 0 Å². The van der Waals surface area contributed by atoms with E-state index in [2.05, 4.69) is 15.2 Å². The molecule has 1 unspecified atom stereocenters. The van der Waals surface area contributed by atoms with Crippen molar-refractivity contribution in [2.75, 3.05) is 19.6 Å². The van der Waals surface area contributed by atoms with Crippen molar-refractivity contribution in [2.45, 2.75) is 58.3 Å². The Morgan fingerprint density at radius 2 is 2.08 bits per heavy atom. The highest BCUT2D eigenvalue weighted by Gasteiger charge is 2.24. The highest BCUT2D eigenvalue weighted by atomic mass is 16.3. The number of hydrogen-bond donors (Lipinski definition) is 2. The van der Waals surface area contributed by atoms with Gasteiger partial charge in [0.15, 0.2) is 0 Å². The van der Waals surface area contributed by atoms with Gasteiger partial charge in [0.25, 0.3) is 0 Å². The Bertz CT molecular complexity index is 499. The molecule has 134 valence electrons. The van der Waals surface area contributed by atoms with E-state index in [9.17, 15) is 9.90 Å². The van der Waals surface area contributed by atoms with Gasteiger partial charge in [0, 0.05) is 44.5 Å². The Labute approximate surface area is 144 Å². The fraction of sp³-hybridized carbons (Fsp3) is 0.667. The van der Waals surface area contributed by atoms with Crippen molar-refractivity contribution in [1.82, 2.24) is 20.1 Å². The molecule has 1 aromatic rings. The van der Waals surface area contributed by atoms with Crippen LogP contribution in [0, 0.1) is 0 Å². The maximum atomic E-state index is 12.4. The summed E-state index contributed by atoms with van der Waals surface area (Å²) in [4.78, 5) is 20.9. The molecule has 6 nitrogen and oxygen atoms in total. The number of pyridine rings is 1. The van der Waals surface area contributed by atoms with Gasteiger partial charge >= 0.3 is 6.03 Å². The maximum Gasteiger partial charge on any atom is 0.317 e. The molecule has 0 radical (unpaired) electrons. The molecule has 2 rings (SSSR count). The van der Waals surface area contributed by atoms with Crippen LogP contribution in [0.15, 0.2) is 24.4 Å². The third-order valence-corrected chi connectivity index (χ3v) is 4.37. The standard InChI is InChI=1S/C18H30N4O2/c1-14(2)22(12-15(3)23)18(24)20-16-7-10-21(11-8-16)13-17-6-4-5-9-19-17/h4-6,9,14-16,23H,7-8,10-13H2,1-3H3,(H,20,24). The second-order valence-corrected chi connectivity index (χ2v) is 6.92. The predicted octanol–water partition coefficient (Wildman–Crippen LogP) is 1.85. The molecule has 0 spiro atoms. The molecule has 0 saturated carbocycles. The summed E-state index contributed by atoms with van der Waals surface area (Å²) in [5.74, 6) is 0. The normalized spacial score (nSPS) is 17.7. The summed E-state index contributed by atoms with van der Waals surface area (Å²) in [6.45, 7) is 8.79. The highest BCUT2D eigenvalue weighted by Crippen LogP contribution is 2.14. The zero-order valence-electron chi connectivity index (χ0n) is 15.0. The zero-order valence-corrected chi connectivity index (χ0v) is 15.0. The van der Waals surface area contributed by atoms with Gasteiger partial charge in [-0.25, -0.2) is 4.79 Å². The van der Waals surface area contributed by atoms with Crippen molar-refractivity contribution in [2.24, 2.45) is 0 Å². The number of carbonyl (C=O) groups excluding carboxylic acids is 1. The lowest BCUT2D eigenvalue weighted by atomic mass is 10.0. The molecule has 1 aliphatic heterocycles. The average molecular weight is 334 g/mol. The topological polar surface area (TPSA) is 68.7 Å². The first-order chi connectivity index (χ1) is 11.5. The number of amides is 2. The van der Waals surface area contributed by atoms with Gasteiger partial charge in [0.2, 0.25) is 0 Å². The number of rotatable bonds is 6. The minimum absolute atomic E-state index is 0.0730. The molecule has 1 aliphatic rings. The maximum absolute atomic E-state index is 12.4. The third-order valence-electron chi connectivity index (χ3n) is 4.37. The summed E-state index contributed by atoms with van der Waals surface area (Å²) in [5.41, 5.74) is 1.09. The second-order valence-electron chi connectivity index (χ2n) is 6.92. The number of likely N-dealkylation sites (tertiary alicyclic amines) is 1. The molecule has 1 aromatic heterocycles.